The number of amides is 1. The maximum Gasteiger partial charge on any atom is 0.251 e. The molecule has 2 rings (SSSR count). The maximum absolute atomic E-state index is 12.3. The van der Waals surface area contributed by atoms with E-state index in [0.717, 1.165) is 5.56 Å². The molecule has 0 bridgehead atoms. The zero-order chi connectivity index (χ0) is 14.5. The lowest BCUT2D eigenvalue weighted by Gasteiger charge is -2.22. The van der Waals surface area contributed by atoms with E-state index in [1.165, 1.54) is 0 Å². The van der Waals surface area contributed by atoms with Crippen LogP contribution in [0.2, 0.25) is 0 Å². The van der Waals surface area contributed by atoms with Crippen molar-refractivity contribution in [1.82, 2.24) is 20.3 Å². The molecule has 5 nitrogen and oxygen atoms in total. The fraction of sp³-hybridized carbons (Fsp3) is 0.400. The van der Waals surface area contributed by atoms with Crippen LogP contribution < -0.4 is 5.32 Å². The first kappa shape index (κ1) is 14.2. The van der Waals surface area contributed by atoms with E-state index in [0.29, 0.717) is 18.0 Å². The lowest BCUT2D eigenvalue weighted by Crippen LogP contribution is -2.42. The van der Waals surface area contributed by atoms with Crippen LogP contribution in [0.4, 0.5) is 0 Å². The second-order valence-corrected chi connectivity index (χ2v) is 5.22. The van der Waals surface area contributed by atoms with Crippen molar-refractivity contribution in [3.8, 4) is 0 Å². The molecule has 0 radical (unpaired) electrons. The first-order chi connectivity index (χ1) is 9.58. The fourth-order valence-corrected chi connectivity index (χ4v) is 2.01. The Morgan fingerprint density at radius 3 is 2.50 bits per heavy atom. The summed E-state index contributed by atoms with van der Waals surface area (Å²) in [6.45, 7) is 6.66. The molecule has 0 unspecified atom stereocenters. The first-order valence-corrected chi connectivity index (χ1v) is 6.78. The molecular weight excluding hydrogens is 252 g/mol. The minimum absolute atomic E-state index is 0.00509. The highest BCUT2D eigenvalue weighted by atomic mass is 16.1. The molecule has 0 fully saturated rings. The van der Waals surface area contributed by atoms with Crippen molar-refractivity contribution >= 4 is 5.91 Å². The average molecular weight is 272 g/mol. The number of benzene rings is 1. The van der Waals surface area contributed by atoms with Crippen LogP contribution in [0.25, 0.3) is 0 Å². The van der Waals surface area contributed by atoms with E-state index >= 15 is 0 Å². The molecule has 1 heterocycles. The van der Waals surface area contributed by atoms with E-state index in [4.69, 9.17) is 0 Å². The van der Waals surface area contributed by atoms with Crippen molar-refractivity contribution in [3.63, 3.8) is 0 Å². The molecule has 0 aliphatic heterocycles. The van der Waals surface area contributed by atoms with Gasteiger partial charge in [-0.25, -0.2) is 0 Å². The van der Waals surface area contributed by atoms with Crippen molar-refractivity contribution in [2.45, 2.75) is 33.4 Å². The van der Waals surface area contributed by atoms with Gasteiger partial charge in [0.05, 0.1) is 25.0 Å². The summed E-state index contributed by atoms with van der Waals surface area (Å²) in [5, 5.41) is 11.3. The maximum atomic E-state index is 12.3. The zero-order valence-corrected chi connectivity index (χ0v) is 12.1. The number of hydrogen-bond donors (Lipinski definition) is 1. The summed E-state index contributed by atoms with van der Waals surface area (Å²) in [4.78, 5) is 13.9. The molecule has 1 aromatic carbocycles. The fourth-order valence-electron chi connectivity index (χ4n) is 2.01. The normalized spacial score (nSPS) is 12.4. The SMILES string of the molecule is Cc1ccccc1C(=O)N[C@H](Cn1nccn1)C(C)C. The molecule has 1 amide bonds. The number of aryl methyl sites for hydroxylation is 1. The molecule has 0 saturated carbocycles. The van der Waals surface area contributed by atoms with Crippen LogP contribution in [-0.4, -0.2) is 26.9 Å². The van der Waals surface area contributed by atoms with Gasteiger partial charge in [-0.2, -0.15) is 15.0 Å². The highest BCUT2D eigenvalue weighted by molar-refractivity contribution is 5.95. The summed E-state index contributed by atoms with van der Waals surface area (Å²) in [5.74, 6) is 0.253. The Morgan fingerprint density at radius 1 is 1.25 bits per heavy atom. The molecule has 1 N–H and O–H groups in total. The Morgan fingerprint density at radius 2 is 1.90 bits per heavy atom. The Bertz CT molecular complexity index is 563. The van der Waals surface area contributed by atoms with Gasteiger partial charge in [0.15, 0.2) is 0 Å². The minimum Gasteiger partial charge on any atom is -0.347 e. The van der Waals surface area contributed by atoms with Gasteiger partial charge in [-0.15, -0.1) is 0 Å². The van der Waals surface area contributed by atoms with Crippen molar-refractivity contribution in [2.75, 3.05) is 0 Å². The Balaban J connectivity index is 2.08. The molecule has 20 heavy (non-hydrogen) atoms. The van der Waals surface area contributed by atoms with E-state index in [1.807, 2.05) is 31.2 Å². The van der Waals surface area contributed by atoms with Crippen LogP contribution in [0.1, 0.15) is 29.8 Å². The predicted octanol–water partition coefficient (Wildman–Crippen LogP) is 2.04. The summed E-state index contributed by atoms with van der Waals surface area (Å²) in [7, 11) is 0. The van der Waals surface area contributed by atoms with Crippen LogP contribution >= 0.6 is 0 Å². The summed E-state index contributed by atoms with van der Waals surface area (Å²) in [5.41, 5.74) is 1.69. The van der Waals surface area contributed by atoms with Gasteiger partial charge in [0.1, 0.15) is 0 Å². The highest BCUT2D eigenvalue weighted by Gasteiger charge is 2.19. The summed E-state index contributed by atoms with van der Waals surface area (Å²) in [6.07, 6.45) is 3.28. The van der Waals surface area contributed by atoms with Crippen molar-refractivity contribution < 1.29 is 4.79 Å². The topological polar surface area (TPSA) is 59.8 Å². The second kappa shape index (κ2) is 6.32. The average Bonchev–Trinajstić information content (AvgIpc) is 2.91. The summed E-state index contributed by atoms with van der Waals surface area (Å²) in [6, 6.07) is 7.58. The smallest absolute Gasteiger partial charge is 0.251 e. The Labute approximate surface area is 119 Å². The number of carbonyl (C=O) groups excluding carboxylic acids is 1. The van der Waals surface area contributed by atoms with Gasteiger partial charge in [-0.05, 0) is 24.5 Å². The first-order valence-electron chi connectivity index (χ1n) is 6.78. The van der Waals surface area contributed by atoms with Gasteiger partial charge in [0.2, 0.25) is 0 Å². The lowest BCUT2D eigenvalue weighted by molar-refractivity contribution is 0.0917. The Kier molecular flexibility index (Phi) is 4.50. The number of nitrogens with one attached hydrogen (secondary N) is 1. The Hall–Kier alpha value is -2.17. The van der Waals surface area contributed by atoms with E-state index < -0.39 is 0 Å². The number of nitrogens with zero attached hydrogens (tertiary/aromatic N) is 3. The van der Waals surface area contributed by atoms with E-state index in [-0.39, 0.29) is 11.9 Å². The van der Waals surface area contributed by atoms with Crippen molar-refractivity contribution in [3.05, 3.63) is 47.8 Å². The minimum atomic E-state index is -0.0473. The molecule has 0 spiro atoms. The molecule has 0 aliphatic carbocycles. The standard InChI is InChI=1S/C15H20N4O/c1-11(2)14(10-19-16-8-9-17-19)18-15(20)13-7-5-4-6-12(13)3/h4-9,11,14H,10H2,1-3H3,(H,18,20)/t14-/m1/s1. The molecule has 2 aromatic rings. The van der Waals surface area contributed by atoms with Crippen LogP contribution in [0, 0.1) is 12.8 Å². The molecule has 0 aliphatic rings. The number of carbonyl (C=O) groups is 1. The number of rotatable bonds is 5. The van der Waals surface area contributed by atoms with Gasteiger partial charge in [0, 0.05) is 5.56 Å². The summed E-state index contributed by atoms with van der Waals surface area (Å²) < 4.78 is 0. The molecule has 1 atom stereocenters. The monoisotopic (exact) mass is 272 g/mol. The third-order valence-corrected chi connectivity index (χ3v) is 3.34. The van der Waals surface area contributed by atoms with Gasteiger partial charge in [0.25, 0.3) is 5.91 Å². The number of aromatic nitrogens is 3. The van der Waals surface area contributed by atoms with Gasteiger partial charge >= 0.3 is 0 Å². The van der Waals surface area contributed by atoms with Crippen molar-refractivity contribution in [2.24, 2.45) is 5.92 Å². The molecule has 5 heteroatoms. The van der Waals surface area contributed by atoms with Gasteiger partial charge in [-0.1, -0.05) is 32.0 Å². The quantitative estimate of drug-likeness (QED) is 0.906. The molecular formula is C15H20N4O. The van der Waals surface area contributed by atoms with Crippen LogP contribution in [0.3, 0.4) is 0 Å². The molecule has 0 saturated heterocycles. The second-order valence-electron chi connectivity index (χ2n) is 5.22. The molecule has 1 aromatic heterocycles. The summed E-state index contributed by atoms with van der Waals surface area (Å²) >= 11 is 0. The highest BCUT2D eigenvalue weighted by Crippen LogP contribution is 2.10. The van der Waals surface area contributed by atoms with E-state index in [2.05, 4.69) is 29.4 Å². The third-order valence-electron chi connectivity index (χ3n) is 3.34. The van der Waals surface area contributed by atoms with E-state index in [1.54, 1.807) is 17.2 Å². The van der Waals surface area contributed by atoms with Crippen LogP contribution in [-0.2, 0) is 6.54 Å². The lowest BCUT2D eigenvalue weighted by atomic mass is 10.0. The van der Waals surface area contributed by atoms with E-state index in [9.17, 15) is 4.79 Å². The van der Waals surface area contributed by atoms with Gasteiger partial charge in [-0.3, -0.25) is 4.79 Å². The van der Waals surface area contributed by atoms with Gasteiger partial charge < -0.3 is 5.32 Å². The molecule has 106 valence electrons. The number of hydrogen-bond acceptors (Lipinski definition) is 3. The predicted molar refractivity (Wildman–Crippen MR) is 77.3 cm³/mol. The van der Waals surface area contributed by atoms with Crippen LogP contribution in [0.5, 0.6) is 0 Å². The zero-order valence-electron chi connectivity index (χ0n) is 12.1. The van der Waals surface area contributed by atoms with Crippen molar-refractivity contribution in [1.29, 1.82) is 0 Å². The largest absolute Gasteiger partial charge is 0.347 e. The van der Waals surface area contributed by atoms with Crippen LogP contribution in [0.15, 0.2) is 36.7 Å². The third kappa shape index (κ3) is 3.44.